The molecule has 2 N–H and O–H groups in total. The Morgan fingerprint density at radius 3 is 2.83 bits per heavy atom. The van der Waals surface area contributed by atoms with Crippen LogP contribution in [0.4, 0.5) is 5.82 Å². The third-order valence-corrected chi connectivity index (χ3v) is 3.44. The molecule has 0 radical (unpaired) electrons. The quantitative estimate of drug-likeness (QED) is 0.878. The van der Waals surface area contributed by atoms with Crippen molar-refractivity contribution in [1.29, 1.82) is 0 Å². The fourth-order valence-electron chi connectivity index (χ4n) is 2.46. The first-order chi connectivity index (χ1) is 8.83. The first kappa shape index (κ1) is 11.2. The summed E-state index contributed by atoms with van der Waals surface area (Å²) in [5.74, 6) is 2.28. The SMILES string of the molecule is Nc1cc(-c2nc(C3CCCCC3)no2)ccn1. The molecule has 0 aliphatic heterocycles. The van der Waals surface area contributed by atoms with Gasteiger partial charge in [-0.05, 0) is 25.0 Å². The molecule has 0 bridgehead atoms. The summed E-state index contributed by atoms with van der Waals surface area (Å²) in [5, 5.41) is 4.10. The van der Waals surface area contributed by atoms with E-state index < -0.39 is 0 Å². The molecule has 18 heavy (non-hydrogen) atoms. The minimum atomic E-state index is 0.454. The highest BCUT2D eigenvalue weighted by Crippen LogP contribution is 2.32. The van der Waals surface area contributed by atoms with Crippen LogP contribution in [-0.2, 0) is 0 Å². The van der Waals surface area contributed by atoms with Crippen molar-refractivity contribution in [2.45, 2.75) is 38.0 Å². The minimum Gasteiger partial charge on any atom is -0.384 e. The first-order valence-electron chi connectivity index (χ1n) is 6.38. The Labute approximate surface area is 105 Å². The standard InChI is InChI=1S/C13H16N4O/c14-11-8-10(6-7-15-11)13-16-12(17-18-13)9-4-2-1-3-5-9/h6-9H,1-5H2,(H2,14,15). The Hall–Kier alpha value is -1.91. The summed E-state index contributed by atoms with van der Waals surface area (Å²) in [4.78, 5) is 8.43. The smallest absolute Gasteiger partial charge is 0.258 e. The maximum absolute atomic E-state index is 5.64. The van der Waals surface area contributed by atoms with Gasteiger partial charge in [0.2, 0.25) is 0 Å². The molecule has 0 spiro atoms. The van der Waals surface area contributed by atoms with Crippen LogP contribution >= 0.6 is 0 Å². The Morgan fingerprint density at radius 1 is 1.22 bits per heavy atom. The van der Waals surface area contributed by atoms with Crippen molar-refractivity contribution in [3.63, 3.8) is 0 Å². The van der Waals surface area contributed by atoms with Crippen LogP contribution in [0, 0.1) is 0 Å². The van der Waals surface area contributed by atoms with Gasteiger partial charge in [0.1, 0.15) is 5.82 Å². The Kier molecular flexibility index (Phi) is 2.96. The van der Waals surface area contributed by atoms with E-state index in [4.69, 9.17) is 10.3 Å². The second-order valence-electron chi connectivity index (χ2n) is 4.76. The Morgan fingerprint density at radius 2 is 2.06 bits per heavy atom. The molecule has 2 aromatic rings. The third kappa shape index (κ3) is 2.20. The lowest BCUT2D eigenvalue weighted by Crippen LogP contribution is -2.06. The summed E-state index contributed by atoms with van der Waals surface area (Å²) in [6.07, 6.45) is 7.82. The van der Waals surface area contributed by atoms with E-state index in [9.17, 15) is 0 Å². The summed E-state index contributed by atoms with van der Waals surface area (Å²) >= 11 is 0. The molecule has 94 valence electrons. The van der Waals surface area contributed by atoms with Gasteiger partial charge >= 0.3 is 0 Å². The molecular weight excluding hydrogens is 228 g/mol. The highest BCUT2D eigenvalue weighted by atomic mass is 16.5. The van der Waals surface area contributed by atoms with E-state index in [0.29, 0.717) is 17.6 Å². The molecule has 0 atom stereocenters. The third-order valence-electron chi connectivity index (χ3n) is 3.44. The van der Waals surface area contributed by atoms with Crippen LogP contribution in [0.3, 0.4) is 0 Å². The van der Waals surface area contributed by atoms with Gasteiger partial charge in [0, 0.05) is 17.7 Å². The van der Waals surface area contributed by atoms with Gasteiger partial charge in [0.15, 0.2) is 5.82 Å². The number of pyridine rings is 1. The van der Waals surface area contributed by atoms with Crippen LogP contribution in [-0.4, -0.2) is 15.1 Å². The molecule has 2 aromatic heterocycles. The zero-order valence-corrected chi connectivity index (χ0v) is 10.2. The fourth-order valence-corrected chi connectivity index (χ4v) is 2.46. The lowest BCUT2D eigenvalue weighted by molar-refractivity contribution is 0.385. The van der Waals surface area contributed by atoms with Gasteiger partial charge in [0.05, 0.1) is 0 Å². The topological polar surface area (TPSA) is 77.8 Å². The average Bonchev–Trinajstić information content (AvgIpc) is 2.89. The summed E-state index contributed by atoms with van der Waals surface area (Å²) in [6.45, 7) is 0. The molecule has 0 amide bonds. The second-order valence-corrected chi connectivity index (χ2v) is 4.76. The van der Waals surface area contributed by atoms with Crippen molar-refractivity contribution >= 4 is 5.82 Å². The summed E-state index contributed by atoms with van der Waals surface area (Å²) in [7, 11) is 0. The van der Waals surface area contributed by atoms with Crippen molar-refractivity contribution in [2.75, 3.05) is 5.73 Å². The van der Waals surface area contributed by atoms with Crippen molar-refractivity contribution in [2.24, 2.45) is 0 Å². The van der Waals surface area contributed by atoms with Crippen LogP contribution in [0.5, 0.6) is 0 Å². The monoisotopic (exact) mass is 244 g/mol. The van der Waals surface area contributed by atoms with E-state index in [1.165, 1.54) is 19.3 Å². The van der Waals surface area contributed by atoms with Gasteiger partial charge in [-0.15, -0.1) is 0 Å². The normalized spacial score (nSPS) is 16.9. The zero-order valence-electron chi connectivity index (χ0n) is 10.2. The van der Waals surface area contributed by atoms with Crippen molar-refractivity contribution in [3.8, 4) is 11.5 Å². The van der Waals surface area contributed by atoms with Gasteiger partial charge in [-0.2, -0.15) is 4.98 Å². The van der Waals surface area contributed by atoms with E-state index in [-0.39, 0.29) is 0 Å². The van der Waals surface area contributed by atoms with Crippen LogP contribution in [0.1, 0.15) is 43.8 Å². The van der Waals surface area contributed by atoms with Gasteiger partial charge < -0.3 is 10.3 Å². The average molecular weight is 244 g/mol. The molecular formula is C13H16N4O. The largest absolute Gasteiger partial charge is 0.384 e. The highest BCUT2D eigenvalue weighted by molar-refractivity contribution is 5.56. The molecule has 3 rings (SSSR count). The molecule has 5 heteroatoms. The number of hydrogen-bond donors (Lipinski definition) is 1. The number of nitrogens with two attached hydrogens (primary N) is 1. The number of hydrogen-bond acceptors (Lipinski definition) is 5. The maximum atomic E-state index is 5.64. The van der Waals surface area contributed by atoms with E-state index in [1.54, 1.807) is 12.3 Å². The van der Waals surface area contributed by atoms with E-state index in [0.717, 1.165) is 24.2 Å². The first-order valence-corrected chi connectivity index (χ1v) is 6.38. The van der Waals surface area contributed by atoms with Gasteiger partial charge in [0.25, 0.3) is 5.89 Å². The van der Waals surface area contributed by atoms with Gasteiger partial charge in [-0.3, -0.25) is 0 Å². The summed E-state index contributed by atoms with van der Waals surface area (Å²) in [6, 6.07) is 3.58. The lowest BCUT2D eigenvalue weighted by atomic mass is 9.89. The molecule has 1 aliphatic rings. The minimum absolute atomic E-state index is 0.454. The summed E-state index contributed by atoms with van der Waals surface area (Å²) < 4.78 is 5.31. The molecule has 1 aliphatic carbocycles. The van der Waals surface area contributed by atoms with Gasteiger partial charge in [-0.1, -0.05) is 24.4 Å². The van der Waals surface area contributed by atoms with Crippen LogP contribution in [0.2, 0.25) is 0 Å². The number of aromatic nitrogens is 3. The predicted molar refractivity (Wildman–Crippen MR) is 67.8 cm³/mol. The molecule has 5 nitrogen and oxygen atoms in total. The van der Waals surface area contributed by atoms with E-state index in [1.807, 2.05) is 6.07 Å². The predicted octanol–water partition coefficient (Wildman–Crippen LogP) is 2.76. The van der Waals surface area contributed by atoms with Crippen LogP contribution in [0.25, 0.3) is 11.5 Å². The molecule has 2 heterocycles. The Bertz CT molecular complexity index is 531. The van der Waals surface area contributed by atoms with Gasteiger partial charge in [-0.25, -0.2) is 4.98 Å². The fraction of sp³-hybridized carbons (Fsp3) is 0.462. The molecule has 0 saturated heterocycles. The van der Waals surface area contributed by atoms with Crippen LogP contribution < -0.4 is 5.73 Å². The number of rotatable bonds is 2. The lowest BCUT2D eigenvalue weighted by Gasteiger charge is -2.17. The molecule has 0 aromatic carbocycles. The van der Waals surface area contributed by atoms with Crippen molar-refractivity contribution in [1.82, 2.24) is 15.1 Å². The number of anilines is 1. The number of nitrogen functional groups attached to an aromatic ring is 1. The van der Waals surface area contributed by atoms with E-state index >= 15 is 0 Å². The maximum Gasteiger partial charge on any atom is 0.258 e. The summed E-state index contributed by atoms with van der Waals surface area (Å²) in [5.41, 5.74) is 6.48. The van der Waals surface area contributed by atoms with E-state index in [2.05, 4.69) is 15.1 Å². The molecule has 0 unspecified atom stereocenters. The Balaban J connectivity index is 1.84. The van der Waals surface area contributed by atoms with Crippen LogP contribution in [0.15, 0.2) is 22.9 Å². The second kappa shape index (κ2) is 4.76. The molecule has 1 saturated carbocycles. The van der Waals surface area contributed by atoms with Crippen molar-refractivity contribution < 1.29 is 4.52 Å². The van der Waals surface area contributed by atoms with Crippen molar-refractivity contribution in [3.05, 3.63) is 24.2 Å². The number of nitrogens with zero attached hydrogens (tertiary/aromatic N) is 3. The highest BCUT2D eigenvalue weighted by Gasteiger charge is 2.21. The zero-order chi connectivity index (χ0) is 12.4. The molecule has 1 fully saturated rings.